The SMILES string of the molecule is COc1cc(NC=C2C(=O)OC(C)(C)OC2=O)ccc1-n1cnc(C)c1. The van der Waals surface area contributed by atoms with Crippen LogP contribution in [0.3, 0.4) is 0 Å². The van der Waals surface area contributed by atoms with Crippen molar-refractivity contribution in [3.8, 4) is 11.4 Å². The van der Waals surface area contributed by atoms with Crippen molar-refractivity contribution in [1.29, 1.82) is 0 Å². The number of imidazole rings is 1. The lowest BCUT2D eigenvalue weighted by atomic mass is 10.2. The van der Waals surface area contributed by atoms with Crippen LogP contribution in [-0.2, 0) is 19.1 Å². The molecule has 0 bridgehead atoms. The summed E-state index contributed by atoms with van der Waals surface area (Å²) >= 11 is 0. The van der Waals surface area contributed by atoms with Crippen molar-refractivity contribution in [3.05, 3.63) is 48.2 Å². The van der Waals surface area contributed by atoms with E-state index in [-0.39, 0.29) is 5.57 Å². The van der Waals surface area contributed by atoms with Crippen molar-refractivity contribution < 1.29 is 23.8 Å². The van der Waals surface area contributed by atoms with E-state index in [4.69, 9.17) is 14.2 Å². The summed E-state index contributed by atoms with van der Waals surface area (Å²) in [6, 6.07) is 5.36. The number of nitrogens with one attached hydrogen (secondary N) is 1. The van der Waals surface area contributed by atoms with Gasteiger partial charge in [-0.2, -0.15) is 0 Å². The van der Waals surface area contributed by atoms with E-state index in [0.29, 0.717) is 11.4 Å². The Morgan fingerprint density at radius 2 is 1.92 bits per heavy atom. The summed E-state index contributed by atoms with van der Waals surface area (Å²) in [5.41, 5.74) is 2.11. The van der Waals surface area contributed by atoms with E-state index in [1.165, 1.54) is 20.0 Å². The summed E-state index contributed by atoms with van der Waals surface area (Å²) in [6.45, 7) is 4.89. The Balaban J connectivity index is 1.83. The number of anilines is 1. The van der Waals surface area contributed by atoms with Crippen molar-refractivity contribution in [2.24, 2.45) is 0 Å². The first-order chi connectivity index (χ1) is 12.3. The van der Waals surface area contributed by atoms with Crippen LogP contribution in [0.5, 0.6) is 5.75 Å². The third-order valence-electron chi connectivity index (χ3n) is 3.67. The number of benzene rings is 1. The summed E-state index contributed by atoms with van der Waals surface area (Å²) in [7, 11) is 1.56. The molecule has 0 saturated carbocycles. The summed E-state index contributed by atoms with van der Waals surface area (Å²) in [6.07, 6.45) is 4.83. The highest BCUT2D eigenvalue weighted by Gasteiger charge is 2.38. The van der Waals surface area contributed by atoms with Gasteiger partial charge in [0.25, 0.3) is 5.79 Å². The summed E-state index contributed by atoms with van der Waals surface area (Å²) in [5.74, 6) is -2.15. The molecule has 0 amide bonds. The van der Waals surface area contributed by atoms with Gasteiger partial charge in [-0.1, -0.05) is 0 Å². The van der Waals surface area contributed by atoms with Crippen LogP contribution in [0.15, 0.2) is 42.5 Å². The second-order valence-corrected chi connectivity index (χ2v) is 6.19. The van der Waals surface area contributed by atoms with E-state index >= 15 is 0 Å². The second kappa shape index (κ2) is 6.55. The lowest BCUT2D eigenvalue weighted by Gasteiger charge is -2.29. The number of methoxy groups -OCH3 is 1. The predicted molar refractivity (Wildman–Crippen MR) is 92.8 cm³/mol. The Morgan fingerprint density at radius 3 is 2.50 bits per heavy atom. The first-order valence-electron chi connectivity index (χ1n) is 7.91. The van der Waals surface area contributed by atoms with Gasteiger partial charge in [0, 0.05) is 38.0 Å². The van der Waals surface area contributed by atoms with Crippen molar-refractivity contribution >= 4 is 17.6 Å². The van der Waals surface area contributed by atoms with Crippen LogP contribution >= 0.6 is 0 Å². The molecule has 0 spiro atoms. The number of nitrogens with zero attached hydrogens (tertiary/aromatic N) is 2. The molecule has 1 aromatic heterocycles. The summed E-state index contributed by atoms with van der Waals surface area (Å²) in [4.78, 5) is 28.1. The largest absolute Gasteiger partial charge is 0.494 e. The molecular formula is C18H19N3O5. The van der Waals surface area contributed by atoms with Crippen LogP contribution in [0.4, 0.5) is 5.69 Å². The quantitative estimate of drug-likeness (QED) is 0.510. The molecule has 0 atom stereocenters. The van der Waals surface area contributed by atoms with Crippen LogP contribution in [0.2, 0.25) is 0 Å². The molecular weight excluding hydrogens is 338 g/mol. The Hall–Kier alpha value is -3.29. The maximum absolute atomic E-state index is 11.9. The van der Waals surface area contributed by atoms with Gasteiger partial charge in [-0.05, 0) is 19.1 Å². The second-order valence-electron chi connectivity index (χ2n) is 6.19. The van der Waals surface area contributed by atoms with Crippen molar-refractivity contribution in [1.82, 2.24) is 9.55 Å². The minimum Gasteiger partial charge on any atom is -0.494 e. The number of carbonyl (C=O) groups is 2. The fourth-order valence-corrected chi connectivity index (χ4v) is 2.47. The molecule has 136 valence electrons. The van der Waals surface area contributed by atoms with Crippen molar-refractivity contribution in [2.75, 3.05) is 12.4 Å². The van der Waals surface area contributed by atoms with Gasteiger partial charge in [-0.15, -0.1) is 0 Å². The van der Waals surface area contributed by atoms with Crippen LogP contribution < -0.4 is 10.1 Å². The molecule has 1 aliphatic heterocycles. The van der Waals surface area contributed by atoms with E-state index in [2.05, 4.69) is 10.3 Å². The zero-order valence-corrected chi connectivity index (χ0v) is 14.9. The molecule has 1 aliphatic rings. The predicted octanol–water partition coefficient (Wildman–Crippen LogP) is 2.32. The highest BCUT2D eigenvalue weighted by molar-refractivity contribution is 6.15. The first-order valence-corrected chi connectivity index (χ1v) is 7.91. The molecule has 0 radical (unpaired) electrons. The van der Waals surface area contributed by atoms with Gasteiger partial charge in [0.15, 0.2) is 5.57 Å². The molecule has 1 aromatic carbocycles. The van der Waals surface area contributed by atoms with E-state index in [0.717, 1.165) is 11.4 Å². The maximum Gasteiger partial charge on any atom is 0.350 e. The van der Waals surface area contributed by atoms with Crippen molar-refractivity contribution in [3.63, 3.8) is 0 Å². The minimum absolute atomic E-state index is 0.211. The van der Waals surface area contributed by atoms with E-state index in [9.17, 15) is 9.59 Å². The molecule has 2 aromatic rings. The normalized spacial score (nSPS) is 15.9. The van der Waals surface area contributed by atoms with Gasteiger partial charge < -0.3 is 24.1 Å². The molecule has 3 rings (SSSR count). The maximum atomic E-state index is 11.9. The monoisotopic (exact) mass is 357 g/mol. The molecule has 0 aliphatic carbocycles. The number of aromatic nitrogens is 2. The Labute approximate surface area is 150 Å². The summed E-state index contributed by atoms with van der Waals surface area (Å²) in [5, 5.41) is 2.89. The standard InChI is InChI=1S/C18H19N3O5/c1-11-9-21(10-20-11)14-6-5-12(7-15(14)24-4)19-8-13-16(22)25-18(2,3)26-17(13)23/h5-10,19H,1-4H3. The molecule has 1 fully saturated rings. The number of esters is 2. The fourth-order valence-electron chi connectivity index (χ4n) is 2.47. The number of hydrogen-bond acceptors (Lipinski definition) is 7. The Kier molecular flexibility index (Phi) is 4.41. The van der Waals surface area contributed by atoms with Gasteiger partial charge in [0.2, 0.25) is 0 Å². The lowest BCUT2D eigenvalue weighted by Crippen LogP contribution is -2.42. The molecule has 2 heterocycles. The van der Waals surface area contributed by atoms with Crippen LogP contribution in [0.25, 0.3) is 5.69 Å². The van der Waals surface area contributed by atoms with Crippen LogP contribution in [0, 0.1) is 6.92 Å². The summed E-state index contributed by atoms with van der Waals surface area (Å²) < 4.78 is 17.3. The zero-order chi connectivity index (χ0) is 18.9. The zero-order valence-electron chi connectivity index (χ0n) is 14.9. The van der Waals surface area contributed by atoms with E-state index < -0.39 is 17.7 Å². The highest BCUT2D eigenvalue weighted by Crippen LogP contribution is 2.28. The third kappa shape index (κ3) is 3.53. The number of hydrogen-bond donors (Lipinski definition) is 1. The number of cyclic esters (lactones) is 2. The van der Waals surface area contributed by atoms with Crippen LogP contribution in [0.1, 0.15) is 19.5 Å². The number of rotatable bonds is 4. The van der Waals surface area contributed by atoms with Gasteiger partial charge in [0.05, 0.1) is 24.8 Å². The third-order valence-corrected chi connectivity index (χ3v) is 3.67. The van der Waals surface area contributed by atoms with Gasteiger partial charge >= 0.3 is 11.9 Å². The van der Waals surface area contributed by atoms with Crippen LogP contribution in [-0.4, -0.2) is 34.4 Å². The number of aryl methyl sites for hydroxylation is 1. The van der Waals surface area contributed by atoms with Gasteiger partial charge in [-0.3, -0.25) is 0 Å². The van der Waals surface area contributed by atoms with Gasteiger partial charge in [0.1, 0.15) is 5.75 Å². The van der Waals surface area contributed by atoms with E-state index in [1.54, 1.807) is 25.6 Å². The average Bonchev–Trinajstić information content (AvgIpc) is 2.99. The minimum atomic E-state index is -1.26. The molecule has 1 saturated heterocycles. The average molecular weight is 357 g/mol. The molecule has 8 heteroatoms. The molecule has 0 unspecified atom stereocenters. The Bertz CT molecular complexity index is 876. The molecule has 8 nitrogen and oxygen atoms in total. The lowest BCUT2D eigenvalue weighted by molar-refractivity contribution is -0.222. The number of carbonyl (C=O) groups excluding carboxylic acids is 2. The van der Waals surface area contributed by atoms with Gasteiger partial charge in [-0.25, -0.2) is 14.6 Å². The topological polar surface area (TPSA) is 91.7 Å². The van der Waals surface area contributed by atoms with E-state index in [1.807, 2.05) is 23.8 Å². The smallest absolute Gasteiger partial charge is 0.350 e. The molecule has 1 N–H and O–H groups in total. The molecule has 26 heavy (non-hydrogen) atoms. The Morgan fingerprint density at radius 1 is 1.23 bits per heavy atom. The number of ether oxygens (including phenoxy) is 3. The highest BCUT2D eigenvalue weighted by atomic mass is 16.7. The first kappa shape index (κ1) is 17.5. The fraction of sp³-hybridized carbons (Fsp3) is 0.278. The van der Waals surface area contributed by atoms with Crippen molar-refractivity contribution in [2.45, 2.75) is 26.6 Å².